The molecule has 1 aromatic heterocycles. The summed E-state index contributed by atoms with van der Waals surface area (Å²) in [4.78, 5) is 11.8. The standard InChI is InChI=1S/C12H10N2OS/c15-12-9-3-1-2-4-10(9)13-11(14-12)8-5-6-16-7-8/h1-7,11,13H,(H,14,15). The second-order valence-corrected chi connectivity index (χ2v) is 4.43. The maximum atomic E-state index is 11.8. The van der Waals surface area contributed by atoms with E-state index in [0.717, 1.165) is 11.3 Å². The summed E-state index contributed by atoms with van der Waals surface area (Å²) in [5.41, 5.74) is 2.68. The molecule has 2 N–H and O–H groups in total. The summed E-state index contributed by atoms with van der Waals surface area (Å²) < 4.78 is 0. The molecule has 0 fully saturated rings. The van der Waals surface area contributed by atoms with E-state index in [2.05, 4.69) is 10.6 Å². The van der Waals surface area contributed by atoms with Crippen LogP contribution < -0.4 is 10.6 Å². The van der Waals surface area contributed by atoms with E-state index in [1.807, 2.05) is 41.1 Å². The van der Waals surface area contributed by atoms with Gasteiger partial charge in [-0.2, -0.15) is 11.3 Å². The highest BCUT2D eigenvalue weighted by molar-refractivity contribution is 7.08. The molecule has 3 nitrogen and oxygen atoms in total. The minimum Gasteiger partial charge on any atom is -0.361 e. The Bertz CT molecular complexity index is 522. The Kier molecular flexibility index (Phi) is 2.15. The fourth-order valence-electron chi connectivity index (χ4n) is 1.81. The zero-order chi connectivity index (χ0) is 11.0. The lowest BCUT2D eigenvalue weighted by Gasteiger charge is -2.27. The number of para-hydroxylation sites is 1. The van der Waals surface area contributed by atoms with E-state index in [1.165, 1.54) is 0 Å². The number of benzene rings is 1. The van der Waals surface area contributed by atoms with E-state index in [1.54, 1.807) is 11.3 Å². The van der Waals surface area contributed by atoms with Gasteiger partial charge in [-0.05, 0) is 29.0 Å². The molecule has 0 spiro atoms. The molecular weight excluding hydrogens is 220 g/mol. The van der Waals surface area contributed by atoms with E-state index in [4.69, 9.17) is 0 Å². The van der Waals surface area contributed by atoms with Crippen LogP contribution in [0, 0.1) is 0 Å². The van der Waals surface area contributed by atoms with Crippen molar-refractivity contribution < 1.29 is 4.79 Å². The maximum absolute atomic E-state index is 11.8. The Hall–Kier alpha value is -1.81. The van der Waals surface area contributed by atoms with Crippen LogP contribution in [0.2, 0.25) is 0 Å². The van der Waals surface area contributed by atoms with Crippen molar-refractivity contribution in [3.05, 3.63) is 52.2 Å². The summed E-state index contributed by atoms with van der Waals surface area (Å²) >= 11 is 1.62. The molecule has 0 radical (unpaired) electrons. The van der Waals surface area contributed by atoms with Crippen LogP contribution in [0.4, 0.5) is 5.69 Å². The first-order valence-electron chi connectivity index (χ1n) is 5.03. The second-order valence-electron chi connectivity index (χ2n) is 3.65. The van der Waals surface area contributed by atoms with Gasteiger partial charge in [0, 0.05) is 11.3 Å². The Morgan fingerprint density at radius 1 is 1.12 bits per heavy atom. The molecule has 80 valence electrons. The van der Waals surface area contributed by atoms with Crippen LogP contribution in [0.25, 0.3) is 0 Å². The minimum atomic E-state index is -0.117. The van der Waals surface area contributed by atoms with Crippen LogP contribution in [-0.2, 0) is 0 Å². The van der Waals surface area contributed by atoms with Crippen molar-refractivity contribution in [2.24, 2.45) is 0 Å². The molecule has 1 atom stereocenters. The topological polar surface area (TPSA) is 41.1 Å². The SMILES string of the molecule is O=C1NC(c2ccsc2)Nc2ccccc21. The third-order valence-electron chi connectivity index (χ3n) is 2.62. The highest BCUT2D eigenvalue weighted by atomic mass is 32.1. The van der Waals surface area contributed by atoms with E-state index in [-0.39, 0.29) is 12.1 Å². The molecule has 1 aliphatic heterocycles. The molecule has 1 unspecified atom stereocenters. The lowest BCUT2D eigenvalue weighted by molar-refractivity contribution is 0.0936. The molecular formula is C12H10N2OS. The molecule has 4 heteroatoms. The van der Waals surface area contributed by atoms with Crippen LogP contribution in [0.15, 0.2) is 41.1 Å². The summed E-state index contributed by atoms with van der Waals surface area (Å²) in [7, 11) is 0. The van der Waals surface area contributed by atoms with Crippen molar-refractivity contribution in [3.8, 4) is 0 Å². The number of thiophene rings is 1. The molecule has 1 aromatic carbocycles. The van der Waals surface area contributed by atoms with Crippen molar-refractivity contribution in [2.45, 2.75) is 6.17 Å². The van der Waals surface area contributed by atoms with Gasteiger partial charge < -0.3 is 10.6 Å². The van der Waals surface area contributed by atoms with Gasteiger partial charge in [-0.3, -0.25) is 4.79 Å². The molecule has 1 amide bonds. The summed E-state index contributed by atoms with van der Waals surface area (Å²) in [5.74, 6) is -0.0226. The summed E-state index contributed by atoms with van der Waals surface area (Å²) in [6.07, 6.45) is -0.117. The number of fused-ring (bicyclic) bond motifs is 1. The molecule has 0 saturated heterocycles. The van der Waals surface area contributed by atoms with Gasteiger partial charge in [-0.1, -0.05) is 12.1 Å². The average Bonchev–Trinajstić information content (AvgIpc) is 2.82. The molecule has 16 heavy (non-hydrogen) atoms. The first kappa shape index (κ1) is 9.42. The maximum Gasteiger partial charge on any atom is 0.255 e. The van der Waals surface area contributed by atoms with Gasteiger partial charge in [0.15, 0.2) is 0 Å². The quantitative estimate of drug-likeness (QED) is 0.790. The Labute approximate surface area is 97.1 Å². The molecule has 0 bridgehead atoms. The average molecular weight is 230 g/mol. The van der Waals surface area contributed by atoms with Gasteiger partial charge in [0.2, 0.25) is 0 Å². The van der Waals surface area contributed by atoms with Crippen molar-refractivity contribution >= 4 is 22.9 Å². The lowest BCUT2D eigenvalue weighted by atomic mass is 10.1. The normalized spacial score (nSPS) is 18.5. The highest BCUT2D eigenvalue weighted by Crippen LogP contribution is 2.26. The number of anilines is 1. The van der Waals surface area contributed by atoms with Gasteiger partial charge in [-0.15, -0.1) is 0 Å². The van der Waals surface area contributed by atoms with Crippen molar-refractivity contribution in [3.63, 3.8) is 0 Å². The smallest absolute Gasteiger partial charge is 0.255 e. The van der Waals surface area contributed by atoms with Crippen molar-refractivity contribution in [1.82, 2.24) is 5.32 Å². The fourth-order valence-corrected chi connectivity index (χ4v) is 2.50. The molecule has 0 aliphatic carbocycles. The summed E-state index contributed by atoms with van der Waals surface area (Å²) in [6.45, 7) is 0. The first-order valence-corrected chi connectivity index (χ1v) is 5.97. The fraction of sp³-hybridized carbons (Fsp3) is 0.0833. The third-order valence-corrected chi connectivity index (χ3v) is 3.32. The van der Waals surface area contributed by atoms with Crippen molar-refractivity contribution in [1.29, 1.82) is 0 Å². The number of hydrogen-bond acceptors (Lipinski definition) is 3. The second kappa shape index (κ2) is 3.64. The van der Waals surface area contributed by atoms with E-state index in [9.17, 15) is 4.79 Å². The predicted octanol–water partition coefficient (Wildman–Crippen LogP) is 2.60. The monoisotopic (exact) mass is 230 g/mol. The van der Waals surface area contributed by atoms with Gasteiger partial charge in [0.25, 0.3) is 5.91 Å². The van der Waals surface area contributed by atoms with Gasteiger partial charge in [0.05, 0.1) is 5.56 Å². The predicted molar refractivity (Wildman–Crippen MR) is 64.6 cm³/mol. The zero-order valence-electron chi connectivity index (χ0n) is 8.44. The van der Waals surface area contributed by atoms with E-state index >= 15 is 0 Å². The number of carbonyl (C=O) groups is 1. The number of amides is 1. The van der Waals surface area contributed by atoms with Crippen LogP contribution in [-0.4, -0.2) is 5.91 Å². The third kappa shape index (κ3) is 1.47. The van der Waals surface area contributed by atoms with E-state index in [0.29, 0.717) is 5.56 Å². The van der Waals surface area contributed by atoms with Crippen molar-refractivity contribution in [2.75, 3.05) is 5.32 Å². The van der Waals surface area contributed by atoms with Crippen LogP contribution >= 0.6 is 11.3 Å². The minimum absolute atomic E-state index is 0.0226. The number of hydrogen-bond donors (Lipinski definition) is 2. The number of rotatable bonds is 1. The van der Waals surface area contributed by atoms with E-state index < -0.39 is 0 Å². The van der Waals surface area contributed by atoms with Gasteiger partial charge in [-0.25, -0.2) is 0 Å². The molecule has 2 aromatic rings. The summed E-state index contributed by atoms with van der Waals surface area (Å²) in [6, 6.07) is 9.55. The van der Waals surface area contributed by atoms with Gasteiger partial charge >= 0.3 is 0 Å². The lowest BCUT2D eigenvalue weighted by Crippen LogP contribution is -2.38. The first-order chi connectivity index (χ1) is 7.84. The Balaban J connectivity index is 1.98. The van der Waals surface area contributed by atoms with Crippen LogP contribution in [0.3, 0.4) is 0 Å². The van der Waals surface area contributed by atoms with Crippen LogP contribution in [0.5, 0.6) is 0 Å². The molecule has 3 rings (SSSR count). The molecule has 1 aliphatic rings. The summed E-state index contributed by atoms with van der Waals surface area (Å²) in [5, 5.41) is 10.3. The Morgan fingerprint density at radius 2 is 2.00 bits per heavy atom. The number of carbonyl (C=O) groups excluding carboxylic acids is 1. The molecule has 2 heterocycles. The zero-order valence-corrected chi connectivity index (χ0v) is 9.25. The molecule has 0 saturated carbocycles. The Morgan fingerprint density at radius 3 is 2.81 bits per heavy atom. The largest absolute Gasteiger partial charge is 0.361 e. The number of nitrogens with one attached hydrogen (secondary N) is 2. The van der Waals surface area contributed by atoms with Crippen LogP contribution in [0.1, 0.15) is 22.1 Å². The highest BCUT2D eigenvalue weighted by Gasteiger charge is 2.23. The van der Waals surface area contributed by atoms with Gasteiger partial charge in [0.1, 0.15) is 6.17 Å².